The molecule has 0 aliphatic rings. The Labute approximate surface area is 88.7 Å². The van der Waals surface area contributed by atoms with Gasteiger partial charge in [-0.05, 0) is 34.1 Å². The van der Waals surface area contributed by atoms with E-state index in [4.69, 9.17) is 0 Å². The minimum Gasteiger partial charge on any atom is -0.0847 e. The highest BCUT2D eigenvalue weighted by Gasteiger charge is 1.86. The van der Waals surface area contributed by atoms with Gasteiger partial charge >= 0.3 is 0 Å². The Morgan fingerprint density at radius 3 is 2.00 bits per heavy atom. The third kappa shape index (κ3) is 6.47. The summed E-state index contributed by atoms with van der Waals surface area (Å²) in [6.45, 7) is 10.6. The second-order valence-electron chi connectivity index (χ2n) is 3.62. The molecule has 0 aromatic carbocycles. The van der Waals surface area contributed by atoms with E-state index in [0.29, 0.717) is 0 Å². The van der Waals surface area contributed by atoms with Crippen LogP contribution in [0, 0.1) is 0 Å². The van der Waals surface area contributed by atoms with Gasteiger partial charge in [-0.15, -0.1) is 0 Å². The maximum absolute atomic E-state index is 2.21. The van der Waals surface area contributed by atoms with Crippen LogP contribution >= 0.6 is 0 Å². The molecule has 0 spiro atoms. The van der Waals surface area contributed by atoms with Gasteiger partial charge in [0.2, 0.25) is 0 Å². The molecule has 0 amide bonds. The fourth-order valence-corrected chi connectivity index (χ4v) is 1.20. The van der Waals surface area contributed by atoms with Gasteiger partial charge in [-0.1, -0.05) is 54.0 Å². The van der Waals surface area contributed by atoms with E-state index >= 15 is 0 Å². The van der Waals surface area contributed by atoms with Crippen LogP contribution in [0.3, 0.4) is 0 Å². The monoisotopic (exact) mass is 190 g/mol. The van der Waals surface area contributed by atoms with E-state index in [1.54, 1.807) is 0 Å². The van der Waals surface area contributed by atoms with Crippen LogP contribution in [0.5, 0.6) is 0 Å². The summed E-state index contributed by atoms with van der Waals surface area (Å²) in [5, 5.41) is 0. The van der Waals surface area contributed by atoms with Crippen LogP contribution in [0.25, 0.3) is 0 Å². The highest BCUT2D eigenvalue weighted by Crippen LogP contribution is 2.07. The number of hydrogen-bond donors (Lipinski definition) is 0. The van der Waals surface area contributed by atoms with Crippen LogP contribution in [0.15, 0.2) is 47.1 Å². The van der Waals surface area contributed by atoms with Crippen LogP contribution in [-0.2, 0) is 0 Å². The van der Waals surface area contributed by atoms with Crippen molar-refractivity contribution in [3.05, 3.63) is 47.1 Å². The predicted molar refractivity (Wildman–Crippen MR) is 66.4 cm³/mol. The van der Waals surface area contributed by atoms with E-state index in [-0.39, 0.29) is 0 Å². The highest BCUT2D eigenvalue weighted by atomic mass is 13.9. The number of hydrogen-bond acceptors (Lipinski definition) is 0. The average Bonchev–Trinajstić information content (AvgIpc) is 2.14. The van der Waals surface area contributed by atoms with Gasteiger partial charge < -0.3 is 0 Å². The molecular weight excluding hydrogens is 168 g/mol. The van der Waals surface area contributed by atoms with E-state index in [0.717, 1.165) is 6.42 Å². The molecule has 0 heterocycles. The van der Waals surface area contributed by atoms with Crippen LogP contribution in [0.4, 0.5) is 0 Å². The van der Waals surface area contributed by atoms with Crippen molar-refractivity contribution in [3.63, 3.8) is 0 Å². The quantitative estimate of drug-likeness (QED) is 0.558. The van der Waals surface area contributed by atoms with Crippen LogP contribution in [-0.4, -0.2) is 0 Å². The third-order valence-corrected chi connectivity index (χ3v) is 1.98. The standard InChI is InChI=1S/C14H22/c1-6-8-9-13(4)11-14(5)10-12(3)7-2/h7-11H,6H2,1-5H3/b9-8+,12-7+,13-11-,14-10+. The molecule has 0 atom stereocenters. The number of rotatable bonds is 4. The highest BCUT2D eigenvalue weighted by molar-refractivity contribution is 5.32. The maximum Gasteiger partial charge on any atom is -0.0376 e. The first-order chi connectivity index (χ1) is 6.60. The van der Waals surface area contributed by atoms with Gasteiger partial charge in [-0.25, -0.2) is 0 Å². The Balaban J connectivity index is 4.49. The van der Waals surface area contributed by atoms with Gasteiger partial charge in [0, 0.05) is 0 Å². The van der Waals surface area contributed by atoms with E-state index in [9.17, 15) is 0 Å². The van der Waals surface area contributed by atoms with Gasteiger partial charge in [0.1, 0.15) is 0 Å². The Bertz CT molecular complexity index is 272. The molecule has 14 heavy (non-hydrogen) atoms. The van der Waals surface area contributed by atoms with Crippen molar-refractivity contribution in [2.75, 3.05) is 0 Å². The first-order valence-corrected chi connectivity index (χ1v) is 5.26. The summed E-state index contributed by atoms with van der Waals surface area (Å²) in [5.41, 5.74) is 3.93. The van der Waals surface area contributed by atoms with Gasteiger partial charge in [0.25, 0.3) is 0 Å². The summed E-state index contributed by atoms with van der Waals surface area (Å²) in [6.07, 6.45) is 12.0. The molecule has 0 rings (SSSR count). The predicted octanol–water partition coefficient (Wildman–Crippen LogP) is 4.81. The van der Waals surface area contributed by atoms with Crippen molar-refractivity contribution in [1.29, 1.82) is 0 Å². The summed E-state index contributed by atoms with van der Waals surface area (Å²) in [6, 6.07) is 0. The van der Waals surface area contributed by atoms with E-state index in [2.05, 4.69) is 65.0 Å². The zero-order chi connectivity index (χ0) is 11.0. The molecule has 0 aliphatic heterocycles. The minimum atomic E-state index is 1.10. The maximum atomic E-state index is 2.21. The smallest absolute Gasteiger partial charge is 0.0376 e. The topological polar surface area (TPSA) is 0 Å². The van der Waals surface area contributed by atoms with Crippen molar-refractivity contribution in [3.8, 4) is 0 Å². The molecule has 0 N–H and O–H groups in total. The molecule has 0 heteroatoms. The fourth-order valence-electron chi connectivity index (χ4n) is 1.20. The Morgan fingerprint density at radius 2 is 1.50 bits per heavy atom. The van der Waals surface area contributed by atoms with Crippen molar-refractivity contribution in [2.45, 2.75) is 41.0 Å². The molecule has 0 fully saturated rings. The second-order valence-corrected chi connectivity index (χ2v) is 3.62. The first-order valence-electron chi connectivity index (χ1n) is 5.26. The van der Waals surface area contributed by atoms with Crippen LogP contribution in [0.1, 0.15) is 41.0 Å². The lowest BCUT2D eigenvalue weighted by atomic mass is 10.1. The molecule has 0 aromatic heterocycles. The molecule has 0 aliphatic carbocycles. The molecule has 0 aromatic rings. The van der Waals surface area contributed by atoms with Crippen molar-refractivity contribution in [1.82, 2.24) is 0 Å². The summed E-state index contributed by atoms with van der Waals surface area (Å²) >= 11 is 0. The summed E-state index contributed by atoms with van der Waals surface area (Å²) < 4.78 is 0. The summed E-state index contributed by atoms with van der Waals surface area (Å²) in [7, 11) is 0. The number of allylic oxidation sites excluding steroid dienone is 8. The Morgan fingerprint density at radius 1 is 0.929 bits per heavy atom. The van der Waals surface area contributed by atoms with E-state index in [1.165, 1.54) is 16.7 Å². The molecule has 0 bridgehead atoms. The zero-order valence-electron chi connectivity index (χ0n) is 10.1. The molecule has 0 nitrogen and oxygen atoms in total. The zero-order valence-corrected chi connectivity index (χ0v) is 10.1. The first kappa shape index (κ1) is 13.0. The Hall–Kier alpha value is -1.04. The lowest BCUT2D eigenvalue weighted by Gasteiger charge is -1.96. The summed E-state index contributed by atoms with van der Waals surface area (Å²) in [5.74, 6) is 0. The average molecular weight is 190 g/mol. The van der Waals surface area contributed by atoms with Crippen molar-refractivity contribution in [2.24, 2.45) is 0 Å². The lowest BCUT2D eigenvalue weighted by molar-refractivity contribution is 1.22. The normalized spacial score (nSPS) is 15.4. The minimum absolute atomic E-state index is 1.10. The second kappa shape index (κ2) is 7.37. The SMILES string of the molecule is C/C=C(C)/C=C(C)/C=C(C)\C=C\CC. The van der Waals surface area contributed by atoms with E-state index in [1.807, 2.05) is 0 Å². The molecular formula is C14H22. The third-order valence-electron chi connectivity index (χ3n) is 1.98. The van der Waals surface area contributed by atoms with Gasteiger partial charge in [0.05, 0.1) is 0 Å². The van der Waals surface area contributed by atoms with Gasteiger partial charge in [-0.3, -0.25) is 0 Å². The summed E-state index contributed by atoms with van der Waals surface area (Å²) in [4.78, 5) is 0. The van der Waals surface area contributed by atoms with Crippen molar-refractivity contribution < 1.29 is 0 Å². The largest absolute Gasteiger partial charge is 0.0847 e. The van der Waals surface area contributed by atoms with Crippen LogP contribution < -0.4 is 0 Å². The van der Waals surface area contributed by atoms with Crippen LogP contribution in [0.2, 0.25) is 0 Å². The molecule has 0 saturated heterocycles. The molecule has 0 saturated carbocycles. The molecule has 78 valence electrons. The molecule has 0 unspecified atom stereocenters. The molecule has 0 radical (unpaired) electrons. The van der Waals surface area contributed by atoms with Gasteiger partial charge in [-0.2, -0.15) is 0 Å². The van der Waals surface area contributed by atoms with Crippen molar-refractivity contribution >= 4 is 0 Å². The van der Waals surface area contributed by atoms with Gasteiger partial charge in [0.15, 0.2) is 0 Å². The van der Waals surface area contributed by atoms with E-state index < -0.39 is 0 Å². The fraction of sp³-hybridized carbons (Fsp3) is 0.429. The lowest BCUT2D eigenvalue weighted by Crippen LogP contribution is -1.75. The Kier molecular flexibility index (Phi) is 6.82.